The summed E-state index contributed by atoms with van der Waals surface area (Å²) in [7, 11) is -1.15. The molecular formula is C36H46N3O6Si-. The number of ether oxygens (including phenoxy) is 4. The minimum Gasteiger partial charge on any atom is -0.530 e. The molecule has 2 atom stereocenters. The van der Waals surface area contributed by atoms with Crippen molar-refractivity contribution in [3.8, 4) is 5.75 Å². The molecule has 0 radical (unpaired) electrons. The van der Waals surface area contributed by atoms with Crippen LogP contribution in [0.4, 0.5) is 4.79 Å². The van der Waals surface area contributed by atoms with Crippen LogP contribution < -0.4 is 9.84 Å². The third-order valence-corrected chi connectivity index (χ3v) is 10.0. The summed E-state index contributed by atoms with van der Waals surface area (Å²) in [6, 6.07) is 25.4. The van der Waals surface area contributed by atoms with Gasteiger partial charge in [-0.05, 0) is 53.4 Å². The summed E-state index contributed by atoms with van der Waals surface area (Å²) in [5.41, 5.74) is 5.15. The van der Waals surface area contributed by atoms with Gasteiger partial charge in [-0.2, -0.15) is 0 Å². The van der Waals surface area contributed by atoms with Gasteiger partial charge in [-0.1, -0.05) is 68.2 Å². The van der Waals surface area contributed by atoms with Crippen LogP contribution in [0.3, 0.4) is 0 Å². The first-order valence-corrected chi connectivity index (χ1v) is 19.9. The fourth-order valence-electron chi connectivity index (χ4n) is 5.60. The van der Waals surface area contributed by atoms with Crippen molar-refractivity contribution in [2.45, 2.75) is 70.5 Å². The Labute approximate surface area is 273 Å². The van der Waals surface area contributed by atoms with Crippen LogP contribution in [0.1, 0.15) is 35.4 Å². The number of hydrogen-bond acceptors (Lipinski definition) is 7. The molecular weight excluding hydrogens is 598 g/mol. The molecule has 5 rings (SSSR count). The Morgan fingerprint density at radius 3 is 2.50 bits per heavy atom. The number of piperidine rings is 1. The maximum atomic E-state index is 11.7. The fourth-order valence-corrected chi connectivity index (χ4v) is 6.36. The number of imidazole rings is 1. The zero-order valence-corrected chi connectivity index (χ0v) is 28.2. The number of carbonyl (C=O) groups excluding carboxylic acids is 1. The predicted molar refractivity (Wildman–Crippen MR) is 179 cm³/mol. The van der Waals surface area contributed by atoms with Crippen LogP contribution in [0, 0.1) is 0 Å². The average Bonchev–Trinajstić information content (AvgIpc) is 3.46. The van der Waals surface area contributed by atoms with Crippen molar-refractivity contribution in [1.82, 2.24) is 14.5 Å². The maximum absolute atomic E-state index is 11.7. The number of hydrogen-bond donors (Lipinski definition) is 0. The highest BCUT2D eigenvalue weighted by atomic mass is 28.3. The first-order valence-electron chi connectivity index (χ1n) is 16.2. The predicted octanol–water partition coefficient (Wildman–Crippen LogP) is 6.05. The second-order valence-corrected chi connectivity index (χ2v) is 18.8. The van der Waals surface area contributed by atoms with E-state index in [0.717, 1.165) is 52.5 Å². The third kappa shape index (κ3) is 9.90. The molecule has 46 heavy (non-hydrogen) atoms. The molecule has 9 nitrogen and oxygen atoms in total. The van der Waals surface area contributed by atoms with Gasteiger partial charge in [0.2, 0.25) is 0 Å². The third-order valence-electron chi connectivity index (χ3n) is 8.32. The number of nitrogens with zero attached hydrogens (tertiary/aromatic N) is 3. The highest BCUT2D eigenvalue weighted by Gasteiger charge is 2.31. The molecule has 4 aromatic rings. The molecule has 0 spiro atoms. The summed E-state index contributed by atoms with van der Waals surface area (Å²) in [5, 5.41) is 11.7. The van der Waals surface area contributed by atoms with E-state index in [1.54, 1.807) is 0 Å². The summed E-state index contributed by atoms with van der Waals surface area (Å²) in [6.07, 6.45) is 1.78. The van der Waals surface area contributed by atoms with E-state index in [1.807, 2.05) is 53.4 Å². The van der Waals surface area contributed by atoms with Crippen molar-refractivity contribution in [3.63, 3.8) is 0 Å². The minimum atomic E-state index is -1.16. The van der Waals surface area contributed by atoms with E-state index in [9.17, 15) is 9.90 Å². The Morgan fingerprint density at radius 2 is 1.74 bits per heavy atom. The van der Waals surface area contributed by atoms with E-state index in [2.05, 4.69) is 55.0 Å². The monoisotopic (exact) mass is 644 g/mol. The van der Waals surface area contributed by atoms with Crippen molar-refractivity contribution >= 4 is 25.2 Å². The number of amides is 1. The van der Waals surface area contributed by atoms with Crippen molar-refractivity contribution in [3.05, 3.63) is 95.8 Å². The van der Waals surface area contributed by atoms with Gasteiger partial charge in [0.15, 0.2) is 0 Å². The summed E-state index contributed by atoms with van der Waals surface area (Å²) in [4.78, 5) is 17.6. The number of carboxylic acid groups (broad SMARTS) is 1. The molecule has 3 aromatic carbocycles. The summed E-state index contributed by atoms with van der Waals surface area (Å²) in [5.74, 6) is 0.843. The Morgan fingerprint density at radius 1 is 0.935 bits per heavy atom. The molecule has 0 aliphatic carbocycles. The molecule has 1 saturated heterocycles. The van der Waals surface area contributed by atoms with Crippen LogP contribution in [0.25, 0.3) is 11.0 Å². The molecule has 1 aliphatic rings. The lowest BCUT2D eigenvalue weighted by Crippen LogP contribution is -2.51. The smallest absolute Gasteiger partial charge is 0.137 e. The van der Waals surface area contributed by atoms with Gasteiger partial charge in [-0.25, -0.2) is 4.98 Å². The molecule has 1 aliphatic heterocycles. The lowest BCUT2D eigenvalue weighted by molar-refractivity contribution is -0.268. The normalized spacial score (nSPS) is 17.0. The Balaban J connectivity index is 1.15. The van der Waals surface area contributed by atoms with Crippen LogP contribution in [-0.4, -0.2) is 67.6 Å². The Kier molecular flexibility index (Phi) is 11.9. The van der Waals surface area contributed by atoms with E-state index in [4.69, 9.17) is 18.9 Å². The molecule has 1 aromatic heterocycles. The van der Waals surface area contributed by atoms with Crippen LogP contribution >= 0.6 is 0 Å². The highest BCUT2D eigenvalue weighted by molar-refractivity contribution is 6.76. The van der Waals surface area contributed by atoms with Crippen molar-refractivity contribution in [2.24, 2.45) is 0 Å². The van der Waals surface area contributed by atoms with Gasteiger partial charge < -0.3 is 38.3 Å². The number of fused-ring (bicyclic) bond motifs is 1. The molecule has 0 N–H and O–H groups in total. The lowest BCUT2D eigenvalue weighted by Gasteiger charge is -2.40. The van der Waals surface area contributed by atoms with Gasteiger partial charge in [0.05, 0.1) is 49.9 Å². The van der Waals surface area contributed by atoms with E-state index < -0.39 is 14.2 Å². The van der Waals surface area contributed by atoms with Crippen molar-refractivity contribution in [2.75, 3.05) is 32.9 Å². The molecule has 246 valence electrons. The Bertz CT molecular complexity index is 1520. The van der Waals surface area contributed by atoms with Gasteiger partial charge in [-0.3, -0.25) is 0 Å². The quantitative estimate of drug-likeness (QED) is 0.108. The first-order chi connectivity index (χ1) is 22.2. The maximum Gasteiger partial charge on any atom is 0.137 e. The lowest BCUT2D eigenvalue weighted by atomic mass is 9.87. The Hall–Kier alpha value is -3.70. The van der Waals surface area contributed by atoms with E-state index >= 15 is 0 Å². The van der Waals surface area contributed by atoms with E-state index in [0.29, 0.717) is 46.1 Å². The molecule has 2 unspecified atom stereocenters. The van der Waals surface area contributed by atoms with Gasteiger partial charge in [0.25, 0.3) is 0 Å². The molecule has 2 heterocycles. The van der Waals surface area contributed by atoms with Gasteiger partial charge >= 0.3 is 0 Å². The van der Waals surface area contributed by atoms with Gasteiger partial charge in [-0.15, -0.1) is 0 Å². The van der Waals surface area contributed by atoms with Crippen molar-refractivity contribution in [1.29, 1.82) is 0 Å². The molecule has 1 amide bonds. The molecule has 0 saturated carbocycles. The zero-order chi connectivity index (χ0) is 32.4. The van der Waals surface area contributed by atoms with Crippen molar-refractivity contribution < 1.29 is 28.8 Å². The second kappa shape index (κ2) is 16.2. The summed E-state index contributed by atoms with van der Waals surface area (Å²) in [6.45, 7) is 11.1. The van der Waals surface area contributed by atoms with E-state index in [1.165, 1.54) is 4.90 Å². The average molecular weight is 645 g/mol. The van der Waals surface area contributed by atoms with Crippen LogP contribution in [-0.2, 0) is 34.2 Å². The number of benzene rings is 3. The molecule has 0 bridgehead atoms. The van der Waals surface area contributed by atoms with Crippen LogP contribution in [0.5, 0.6) is 5.75 Å². The largest absolute Gasteiger partial charge is 0.530 e. The van der Waals surface area contributed by atoms with E-state index in [-0.39, 0.29) is 18.6 Å². The SMILES string of the molecule is C[Si](C)(C)CCOCn1cnc2ccc(COC3CN(C(=O)[O-])CCC3c3ccc(OCCCOCc4ccccc4)cc3)cc21. The molecule has 1 fully saturated rings. The number of aromatic nitrogens is 2. The topological polar surface area (TPSA) is 98.1 Å². The summed E-state index contributed by atoms with van der Waals surface area (Å²) >= 11 is 0. The second-order valence-electron chi connectivity index (χ2n) is 13.2. The number of carbonyl (C=O) groups is 1. The van der Waals surface area contributed by atoms with Crippen LogP contribution in [0.2, 0.25) is 25.7 Å². The summed E-state index contributed by atoms with van der Waals surface area (Å²) < 4.78 is 26.1. The minimum absolute atomic E-state index is 0.0464. The van der Waals surface area contributed by atoms with Gasteiger partial charge in [0, 0.05) is 40.1 Å². The first kappa shape index (κ1) is 33.7. The fraction of sp³-hybridized carbons (Fsp3) is 0.444. The highest BCUT2D eigenvalue weighted by Crippen LogP contribution is 2.32. The van der Waals surface area contributed by atoms with Crippen LogP contribution in [0.15, 0.2) is 79.1 Å². The number of rotatable bonds is 16. The zero-order valence-electron chi connectivity index (χ0n) is 27.2. The standard InChI is InChI=1S/C36H47N3O6Si/c1-46(2,3)21-20-43-27-39-26-37-33-15-10-29(22-34(33)39)25-45-35-23-38(36(40)41)17-16-32(35)30-11-13-31(14-12-30)44-19-7-18-42-24-28-8-5-4-6-9-28/h4-6,8-15,22,26,32,35H,7,16-21,23-25,27H2,1-3H3,(H,40,41)/p-1. The van der Waals surface area contributed by atoms with Gasteiger partial charge in [0.1, 0.15) is 18.6 Å². The molecule has 10 heteroatoms. The number of likely N-dealkylation sites (tertiary alicyclic amines) is 1.